The average molecular weight is 350 g/mol. The molecule has 0 spiro atoms. The van der Waals surface area contributed by atoms with E-state index in [2.05, 4.69) is 15.2 Å². The number of fused-ring (bicyclic) bond motifs is 3. The van der Waals surface area contributed by atoms with Gasteiger partial charge in [0.1, 0.15) is 5.82 Å². The molecule has 2 aromatic heterocycles. The van der Waals surface area contributed by atoms with Crippen LogP contribution in [0.25, 0.3) is 21.7 Å². The standard InChI is InChI=1S/C20H22N4O2/c1-26-20(25)14-4-5-15-17-13-21-7-6-16(17)19(23-18(15)12-14)22-8-11-24-9-2-3-10-24/h4-7,12-13H,2-3,8-11H2,1H3,(H,22,23). The zero-order valence-electron chi connectivity index (χ0n) is 14.9. The molecule has 1 saturated heterocycles. The second kappa shape index (κ2) is 7.25. The molecule has 134 valence electrons. The van der Waals surface area contributed by atoms with Crippen LogP contribution in [0, 0.1) is 0 Å². The van der Waals surface area contributed by atoms with E-state index in [9.17, 15) is 4.79 Å². The normalized spacial score (nSPS) is 14.8. The van der Waals surface area contributed by atoms with Crippen molar-refractivity contribution >= 4 is 33.5 Å². The van der Waals surface area contributed by atoms with Gasteiger partial charge in [-0.3, -0.25) is 4.98 Å². The predicted octanol–water partition coefficient (Wildman–Crippen LogP) is 3.08. The highest BCUT2D eigenvalue weighted by Gasteiger charge is 2.13. The number of aromatic nitrogens is 2. The highest BCUT2D eigenvalue weighted by atomic mass is 16.5. The molecular formula is C20H22N4O2. The number of anilines is 1. The Kier molecular flexibility index (Phi) is 4.67. The third-order valence-corrected chi connectivity index (χ3v) is 4.94. The van der Waals surface area contributed by atoms with Gasteiger partial charge in [-0.1, -0.05) is 6.07 Å². The lowest BCUT2D eigenvalue weighted by Crippen LogP contribution is -2.26. The molecule has 4 rings (SSSR count). The van der Waals surface area contributed by atoms with Gasteiger partial charge in [-0.25, -0.2) is 9.78 Å². The zero-order chi connectivity index (χ0) is 17.9. The maximum atomic E-state index is 11.8. The van der Waals surface area contributed by atoms with Gasteiger partial charge in [0.2, 0.25) is 0 Å². The number of nitrogens with zero attached hydrogens (tertiary/aromatic N) is 3. The van der Waals surface area contributed by atoms with E-state index >= 15 is 0 Å². The Bertz CT molecular complexity index is 951. The first-order valence-electron chi connectivity index (χ1n) is 8.98. The largest absolute Gasteiger partial charge is 0.465 e. The van der Waals surface area contributed by atoms with Crippen molar-refractivity contribution in [1.82, 2.24) is 14.9 Å². The number of hydrogen-bond acceptors (Lipinski definition) is 6. The summed E-state index contributed by atoms with van der Waals surface area (Å²) in [5, 5.41) is 6.52. The number of hydrogen-bond donors (Lipinski definition) is 1. The molecule has 26 heavy (non-hydrogen) atoms. The molecule has 6 heteroatoms. The van der Waals surface area contributed by atoms with Crippen molar-refractivity contribution in [3.63, 3.8) is 0 Å². The summed E-state index contributed by atoms with van der Waals surface area (Å²) in [5.74, 6) is 0.472. The van der Waals surface area contributed by atoms with E-state index in [0.29, 0.717) is 5.56 Å². The van der Waals surface area contributed by atoms with Crippen LogP contribution in [0.3, 0.4) is 0 Å². The average Bonchev–Trinajstić information content (AvgIpc) is 3.20. The van der Waals surface area contributed by atoms with Gasteiger partial charge in [0.25, 0.3) is 0 Å². The molecule has 0 saturated carbocycles. The minimum absolute atomic E-state index is 0.358. The van der Waals surface area contributed by atoms with E-state index in [1.807, 2.05) is 18.3 Å². The Balaban J connectivity index is 1.70. The summed E-state index contributed by atoms with van der Waals surface area (Å²) in [7, 11) is 1.38. The highest BCUT2D eigenvalue weighted by molar-refractivity contribution is 6.10. The molecule has 3 heterocycles. The van der Waals surface area contributed by atoms with Crippen molar-refractivity contribution < 1.29 is 9.53 Å². The SMILES string of the molecule is COC(=O)c1ccc2c(c1)nc(NCCN1CCCC1)c1ccncc12. The van der Waals surface area contributed by atoms with Crippen LogP contribution >= 0.6 is 0 Å². The number of esters is 1. The Labute approximate surface area is 152 Å². The molecule has 1 aromatic carbocycles. The van der Waals surface area contributed by atoms with E-state index in [1.54, 1.807) is 18.3 Å². The van der Waals surface area contributed by atoms with Gasteiger partial charge in [-0.15, -0.1) is 0 Å². The highest BCUT2D eigenvalue weighted by Crippen LogP contribution is 2.29. The Morgan fingerprint density at radius 1 is 1.19 bits per heavy atom. The third-order valence-electron chi connectivity index (χ3n) is 4.94. The Morgan fingerprint density at radius 3 is 2.85 bits per heavy atom. The van der Waals surface area contributed by atoms with E-state index in [1.165, 1.54) is 33.0 Å². The minimum atomic E-state index is -0.358. The number of ether oxygens (including phenoxy) is 1. The van der Waals surface area contributed by atoms with Crippen molar-refractivity contribution in [2.45, 2.75) is 12.8 Å². The fourth-order valence-electron chi connectivity index (χ4n) is 3.57. The lowest BCUT2D eigenvalue weighted by Gasteiger charge is -2.16. The molecule has 0 radical (unpaired) electrons. The number of carbonyl (C=O) groups is 1. The third kappa shape index (κ3) is 3.20. The van der Waals surface area contributed by atoms with Crippen molar-refractivity contribution in [2.75, 3.05) is 38.6 Å². The molecule has 3 aromatic rings. The van der Waals surface area contributed by atoms with Crippen LogP contribution in [0.4, 0.5) is 5.82 Å². The van der Waals surface area contributed by atoms with Gasteiger partial charge in [-0.2, -0.15) is 0 Å². The molecule has 0 unspecified atom stereocenters. The smallest absolute Gasteiger partial charge is 0.337 e. The molecule has 6 nitrogen and oxygen atoms in total. The first-order valence-corrected chi connectivity index (χ1v) is 8.98. The molecule has 0 atom stereocenters. The first kappa shape index (κ1) is 16.7. The van der Waals surface area contributed by atoms with E-state index in [0.717, 1.165) is 40.6 Å². The second-order valence-corrected chi connectivity index (χ2v) is 6.58. The molecule has 0 aliphatic carbocycles. The Hall–Kier alpha value is -2.73. The number of methoxy groups -OCH3 is 1. The number of pyridine rings is 2. The summed E-state index contributed by atoms with van der Waals surface area (Å²) in [6.45, 7) is 4.21. The van der Waals surface area contributed by atoms with E-state index in [4.69, 9.17) is 9.72 Å². The van der Waals surface area contributed by atoms with Crippen LogP contribution in [0.2, 0.25) is 0 Å². The summed E-state index contributed by atoms with van der Waals surface area (Å²) < 4.78 is 4.82. The number of likely N-dealkylation sites (tertiary alicyclic amines) is 1. The quantitative estimate of drug-likeness (QED) is 0.563. The number of nitrogens with one attached hydrogen (secondary N) is 1. The zero-order valence-corrected chi connectivity index (χ0v) is 14.9. The molecule has 1 fully saturated rings. The monoisotopic (exact) mass is 350 g/mol. The van der Waals surface area contributed by atoms with Gasteiger partial charge in [-0.05, 0) is 44.1 Å². The predicted molar refractivity (Wildman–Crippen MR) is 103 cm³/mol. The van der Waals surface area contributed by atoms with Gasteiger partial charge in [0, 0.05) is 41.6 Å². The van der Waals surface area contributed by atoms with Crippen LogP contribution in [-0.2, 0) is 4.74 Å². The topological polar surface area (TPSA) is 67.3 Å². The van der Waals surface area contributed by atoms with Crippen molar-refractivity contribution in [2.24, 2.45) is 0 Å². The summed E-state index contributed by atoms with van der Waals surface area (Å²) in [4.78, 5) is 23.4. The molecule has 1 aliphatic heterocycles. The Morgan fingerprint density at radius 2 is 2.04 bits per heavy atom. The molecule has 0 bridgehead atoms. The fourth-order valence-corrected chi connectivity index (χ4v) is 3.57. The van der Waals surface area contributed by atoms with Crippen molar-refractivity contribution in [3.8, 4) is 0 Å². The summed E-state index contributed by atoms with van der Waals surface area (Å²) >= 11 is 0. The first-order chi connectivity index (χ1) is 12.8. The van der Waals surface area contributed by atoms with Crippen LogP contribution < -0.4 is 5.32 Å². The van der Waals surface area contributed by atoms with Gasteiger partial charge < -0.3 is 15.0 Å². The molecule has 1 N–H and O–H groups in total. The second-order valence-electron chi connectivity index (χ2n) is 6.58. The van der Waals surface area contributed by atoms with Crippen molar-refractivity contribution in [3.05, 3.63) is 42.2 Å². The van der Waals surface area contributed by atoms with E-state index in [-0.39, 0.29) is 5.97 Å². The van der Waals surface area contributed by atoms with Gasteiger partial charge >= 0.3 is 5.97 Å². The maximum absolute atomic E-state index is 11.8. The summed E-state index contributed by atoms with van der Waals surface area (Å²) in [6, 6.07) is 7.43. The lowest BCUT2D eigenvalue weighted by atomic mass is 10.1. The van der Waals surface area contributed by atoms with E-state index < -0.39 is 0 Å². The molecular weight excluding hydrogens is 328 g/mol. The summed E-state index contributed by atoms with van der Waals surface area (Å²) in [6.07, 6.45) is 6.21. The van der Waals surface area contributed by atoms with Gasteiger partial charge in [0.15, 0.2) is 0 Å². The summed E-state index contributed by atoms with van der Waals surface area (Å²) in [5.41, 5.74) is 1.26. The van der Waals surface area contributed by atoms with Crippen LogP contribution in [0.5, 0.6) is 0 Å². The maximum Gasteiger partial charge on any atom is 0.337 e. The van der Waals surface area contributed by atoms with Crippen LogP contribution in [0.15, 0.2) is 36.7 Å². The fraction of sp³-hybridized carbons (Fsp3) is 0.350. The number of rotatable bonds is 5. The van der Waals surface area contributed by atoms with Crippen molar-refractivity contribution in [1.29, 1.82) is 0 Å². The van der Waals surface area contributed by atoms with Crippen LogP contribution in [0.1, 0.15) is 23.2 Å². The number of benzene rings is 1. The minimum Gasteiger partial charge on any atom is -0.465 e. The lowest BCUT2D eigenvalue weighted by molar-refractivity contribution is 0.0601. The number of carbonyl (C=O) groups excluding carboxylic acids is 1. The molecule has 0 amide bonds. The molecule has 1 aliphatic rings. The van der Waals surface area contributed by atoms with Gasteiger partial charge in [0.05, 0.1) is 18.2 Å². The van der Waals surface area contributed by atoms with Crippen LogP contribution in [-0.4, -0.2) is 54.1 Å².